The predicted octanol–water partition coefficient (Wildman–Crippen LogP) is 4.46. The highest BCUT2D eigenvalue weighted by Gasteiger charge is 2.32. The summed E-state index contributed by atoms with van der Waals surface area (Å²) in [6.07, 6.45) is 1.85. The maximum atomic E-state index is 15.0. The van der Waals surface area contributed by atoms with Gasteiger partial charge in [0, 0.05) is 29.6 Å². The van der Waals surface area contributed by atoms with Gasteiger partial charge in [-0.1, -0.05) is 11.6 Å². The van der Waals surface area contributed by atoms with Gasteiger partial charge in [-0.3, -0.25) is 14.4 Å². The van der Waals surface area contributed by atoms with Crippen molar-refractivity contribution in [1.82, 2.24) is 0 Å². The third kappa shape index (κ3) is 7.52. The molecule has 1 aliphatic rings. The minimum atomic E-state index is -0.897. The molecule has 8 nitrogen and oxygen atoms in total. The van der Waals surface area contributed by atoms with Crippen LogP contribution in [0.15, 0.2) is 28.2 Å². The van der Waals surface area contributed by atoms with E-state index < -0.39 is 34.8 Å². The predicted molar refractivity (Wildman–Crippen MR) is 130 cm³/mol. The van der Waals surface area contributed by atoms with E-state index in [1.807, 2.05) is 6.92 Å². The standard InChI is InChI=1S/C24H29ClFNO7S/c1-5-33-10-11-34-24(31)17-9-7-6-8-16(17)22(29)27(15(3)28)20-13-21(18(25)12-19(20)26)35-14(2)23(30)32-4/h12-14H,5-11H2,1-4H3. The number of ether oxygens (including phenoxy) is 3. The number of methoxy groups -OCH3 is 1. The number of esters is 2. The van der Waals surface area contributed by atoms with E-state index in [0.29, 0.717) is 30.8 Å². The van der Waals surface area contributed by atoms with Crippen LogP contribution in [-0.4, -0.2) is 55.9 Å². The third-order valence-electron chi connectivity index (χ3n) is 5.23. The Balaban J connectivity index is 2.43. The Morgan fingerprint density at radius 1 is 1.14 bits per heavy atom. The van der Waals surface area contributed by atoms with Crippen molar-refractivity contribution in [3.05, 3.63) is 34.1 Å². The molecule has 0 heterocycles. The first-order chi connectivity index (χ1) is 16.6. The van der Waals surface area contributed by atoms with E-state index >= 15 is 0 Å². The van der Waals surface area contributed by atoms with E-state index in [9.17, 15) is 23.6 Å². The zero-order valence-electron chi connectivity index (χ0n) is 20.2. The molecule has 0 aromatic heterocycles. The Bertz CT molecular complexity index is 1010. The first-order valence-electron chi connectivity index (χ1n) is 11.2. The molecule has 2 rings (SSSR count). The highest BCUT2D eigenvalue weighted by Crippen LogP contribution is 2.37. The summed E-state index contributed by atoms with van der Waals surface area (Å²) in [5, 5.41) is -0.658. The maximum absolute atomic E-state index is 15.0. The molecule has 1 aromatic carbocycles. The zero-order chi connectivity index (χ0) is 26.1. The molecule has 0 N–H and O–H groups in total. The molecule has 1 atom stereocenters. The highest BCUT2D eigenvalue weighted by molar-refractivity contribution is 8.00. The van der Waals surface area contributed by atoms with Gasteiger partial charge >= 0.3 is 11.9 Å². The van der Waals surface area contributed by atoms with Crippen LogP contribution in [0.4, 0.5) is 10.1 Å². The number of thioether (sulfide) groups is 1. The summed E-state index contributed by atoms with van der Waals surface area (Å²) in [7, 11) is 1.24. The number of hydrogen-bond acceptors (Lipinski definition) is 8. The maximum Gasteiger partial charge on any atom is 0.334 e. The molecule has 0 saturated carbocycles. The molecule has 2 amide bonds. The van der Waals surface area contributed by atoms with Crippen LogP contribution in [0, 0.1) is 5.82 Å². The van der Waals surface area contributed by atoms with E-state index in [1.165, 1.54) is 13.2 Å². The number of rotatable bonds is 10. The lowest BCUT2D eigenvalue weighted by Gasteiger charge is -2.26. The van der Waals surface area contributed by atoms with Crippen molar-refractivity contribution in [2.45, 2.75) is 56.6 Å². The van der Waals surface area contributed by atoms with E-state index in [0.717, 1.165) is 24.8 Å². The van der Waals surface area contributed by atoms with Crippen LogP contribution >= 0.6 is 23.4 Å². The van der Waals surface area contributed by atoms with E-state index in [2.05, 4.69) is 0 Å². The van der Waals surface area contributed by atoms with Crippen molar-refractivity contribution in [3.8, 4) is 0 Å². The number of anilines is 1. The Kier molecular flexibility index (Phi) is 11.2. The van der Waals surface area contributed by atoms with Crippen LogP contribution in [0.3, 0.4) is 0 Å². The Hall–Kier alpha value is -2.43. The van der Waals surface area contributed by atoms with Gasteiger partial charge in [0.05, 0.1) is 24.4 Å². The lowest BCUT2D eigenvalue weighted by atomic mass is 9.90. The average molecular weight is 530 g/mol. The lowest BCUT2D eigenvalue weighted by molar-refractivity contribution is -0.141. The fraction of sp³-hybridized carbons (Fsp3) is 0.500. The summed E-state index contributed by atoms with van der Waals surface area (Å²) in [5.74, 6) is -3.61. The number of halogens is 2. The van der Waals surface area contributed by atoms with Gasteiger partial charge in [0.15, 0.2) is 0 Å². The molecule has 1 unspecified atom stereocenters. The van der Waals surface area contributed by atoms with Gasteiger partial charge < -0.3 is 14.2 Å². The van der Waals surface area contributed by atoms with E-state index in [4.69, 9.17) is 25.8 Å². The number of hydrogen-bond donors (Lipinski definition) is 0. The fourth-order valence-electron chi connectivity index (χ4n) is 3.53. The second kappa shape index (κ2) is 13.6. The minimum Gasteiger partial charge on any atom is -0.468 e. The van der Waals surface area contributed by atoms with Crippen LogP contribution in [-0.2, 0) is 33.4 Å². The molecule has 11 heteroatoms. The molecule has 0 saturated heterocycles. The Labute approximate surface area is 213 Å². The van der Waals surface area contributed by atoms with Crippen molar-refractivity contribution >= 4 is 52.8 Å². The molecular weight excluding hydrogens is 501 g/mol. The van der Waals surface area contributed by atoms with Crippen molar-refractivity contribution in [2.75, 3.05) is 31.8 Å². The second-order valence-corrected chi connectivity index (χ2v) is 9.46. The minimum absolute atomic E-state index is 0.0124. The number of nitrogens with zero attached hydrogens (tertiary/aromatic N) is 1. The van der Waals surface area contributed by atoms with E-state index in [-0.39, 0.29) is 46.4 Å². The van der Waals surface area contributed by atoms with Crippen LogP contribution < -0.4 is 4.90 Å². The number of imide groups is 1. The molecule has 0 aliphatic heterocycles. The smallest absolute Gasteiger partial charge is 0.334 e. The van der Waals surface area contributed by atoms with Crippen molar-refractivity contribution in [2.24, 2.45) is 0 Å². The number of carbonyl (C=O) groups is 4. The van der Waals surface area contributed by atoms with Crippen LogP contribution in [0.1, 0.15) is 46.5 Å². The molecule has 35 heavy (non-hydrogen) atoms. The average Bonchev–Trinajstić information content (AvgIpc) is 2.83. The normalized spacial score (nSPS) is 14.3. The van der Waals surface area contributed by atoms with Crippen LogP contribution in [0.2, 0.25) is 5.02 Å². The van der Waals surface area contributed by atoms with Gasteiger partial charge in [-0.05, 0) is 51.7 Å². The van der Waals surface area contributed by atoms with Crippen molar-refractivity contribution in [1.29, 1.82) is 0 Å². The summed E-state index contributed by atoms with van der Waals surface area (Å²) >= 11 is 7.16. The van der Waals surface area contributed by atoms with Crippen molar-refractivity contribution in [3.63, 3.8) is 0 Å². The summed E-state index contributed by atoms with van der Waals surface area (Å²) in [5.41, 5.74) is -0.0415. The molecule has 0 radical (unpaired) electrons. The monoisotopic (exact) mass is 529 g/mol. The lowest BCUT2D eigenvalue weighted by Crippen LogP contribution is -2.38. The molecule has 0 spiro atoms. The number of amides is 2. The Morgan fingerprint density at radius 3 is 2.40 bits per heavy atom. The molecule has 1 aromatic rings. The number of benzene rings is 1. The van der Waals surface area contributed by atoms with Crippen LogP contribution in [0.25, 0.3) is 0 Å². The third-order valence-corrected chi connectivity index (χ3v) is 6.80. The largest absolute Gasteiger partial charge is 0.468 e. The van der Waals surface area contributed by atoms with Crippen LogP contribution in [0.5, 0.6) is 0 Å². The first-order valence-corrected chi connectivity index (χ1v) is 12.4. The van der Waals surface area contributed by atoms with Gasteiger partial charge in [0.1, 0.15) is 17.7 Å². The summed E-state index contributed by atoms with van der Waals surface area (Å²) in [6.45, 7) is 5.24. The Morgan fingerprint density at radius 2 is 1.80 bits per heavy atom. The second-order valence-electron chi connectivity index (χ2n) is 7.67. The van der Waals surface area contributed by atoms with E-state index in [1.54, 1.807) is 6.92 Å². The topological polar surface area (TPSA) is 99.2 Å². The summed E-state index contributed by atoms with van der Waals surface area (Å²) in [6, 6.07) is 2.22. The first kappa shape index (κ1) is 28.8. The number of carbonyl (C=O) groups excluding carboxylic acids is 4. The van der Waals surface area contributed by atoms with Gasteiger partial charge in [-0.2, -0.15) is 0 Å². The fourth-order valence-corrected chi connectivity index (χ4v) is 4.74. The van der Waals surface area contributed by atoms with Gasteiger partial charge in [-0.15, -0.1) is 11.8 Å². The highest BCUT2D eigenvalue weighted by atomic mass is 35.5. The molecule has 192 valence electrons. The molecule has 0 fully saturated rings. The molecular formula is C24H29ClFNO7S. The SMILES string of the molecule is CCOCCOC(=O)C1=C(C(=O)N(C(C)=O)c2cc(SC(C)C(=O)OC)c(Cl)cc2F)CCCC1. The quantitative estimate of drug-likeness (QED) is 0.249. The van der Waals surface area contributed by atoms with Gasteiger partial charge in [-0.25, -0.2) is 14.1 Å². The summed E-state index contributed by atoms with van der Waals surface area (Å²) < 4.78 is 30.1. The van der Waals surface area contributed by atoms with Gasteiger partial charge in [0.2, 0.25) is 5.91 Å². The summed E-state index contributed by atoms with van der Waals surface area (Å²) in [4.78, 5) is 51.5. The van der Waals surface area contributed by atoms with Gasteiger partial charge in [0.25, 0.3) is 5.91 Å². The zero-order valence-corrected chi connectivity index (χ0v) is 21.7. The van der Waals surface area contributed by atoms with Crippen molar-refractivity contribution < 1.29 is 37.8 Å². The molecule has 1 aliphatic carbocycles. The molecule has 0 bridgehead atoms.